The molecule has 3 rings (SSSR count). The van der Waals surface area contributed by atoms with Crippen LogP contribution in [0.15, 0.2) is 24.4 Å². The number of rotatable bonds is 9. The van der Waals surface area contributed by atoms with Crippen LogP contribution in [0.5, 0.6) is 0 Å². The molecular weight excluding hydrogens is 431 g/mol. The van der Waals surface area contributed by atoms with Gasteiger partial charge in [-0.1, -0.05) is 26.3 Å². The van der Waals surface area contributed by atoms with Gasteiger partial charge in [0.1, 0.15) is 5.82 Å². The molecular formula is C25H37BN4O4. The van der Waals surface area contributed by atoms with Crippen LogP contribution in [0.1, 0.15) is 76.7 Å². The summed E-state index contributed by atoms with van der Waals surface area (Å²) in [5.74, 6) is 0.782. The Bertz CT molecular complexity index is 1010. The number of carbonyl (C=O) groups is 1. The average Bonchev–Trinajstić information content (AvgIpc) is 3.01. The molecule has 1 aromatic carbocycles. The highest BCUT2D eigenvalue weighted by Gasteiger charge is 2.52. The fourth-order valence-corrected chi connectivity index (χ4v) is 3.79. The molecule has 1 saturated heterocycles. The lowest BCUT2D eigenvalue weighted by molar-refractivity contribution is 0.00578. The third kappa shape index (κ3) is 5.53. The normalized spacial score (nSPS) is 17.4. The average molecular weight is 468 g/mol. The summed E-state index contributed by atoms with van der Waals surface area (Å²) in [6.07, 6.45) is 4.98. The number of hydrogen-bond donors (Lipinski definition) is 2. The van der Waals surface area contributed by atoms with Gasteiger partial charge in [0.05, 0.1) is 23.9 Å². The molecule has 2 heterocycles. The third-order valence-electron chi connectivity index (χ3n) is 6.66. The van der Waals surface area contributed by atoms with Gasteiger partial charge in [-0.05, 0) is 65.1 Å². The van der Waals surface area contributed by atoms with E-state index in [2.05, 4.69) is 34.4 Å². The van der Waals surface area contributed by atoms with Crippen LogP contribution < -0.4 is 16.1 Å². The quantitative estimate of drug-likeness (QED) is 0.407. The Labute approximate surface area is 203 Å². The topological polar surface area (TPSA) is 94.6 Å². The molecule has 0 spiro atoms. The molecule has 0 radical (unpaired) electrons. The molecule has 1 aliphatic heterocycles. The number of hydrogen-bond acceptors (Lipinski definition) is 8. The third-order valence-corrected chi connectivity index (χ3v) is 6.66. The first-order chi connectivity index (χ1) is 16.0. The van der Waals surface area contributed by atoms with Crippen molar-refractivity contribution in [2.75, 3.05) is 17.7 Å². The molecule has 2 N–H and O–H groups in total. The van der Waals surface area contributed by atoms with Crippen molar-refractivity contribution in [1.29, 1.82) is 0 Å². The summed E-state index contributed by atoms with van der Waals surface area (Å²) < 4.78 is 17.4. The van der Waals surface area contributed by atoms with Gasteiger partial charge in [-0.3, -0.25) is 0 Å². The minimum Gasteiger partial charge on any atom is -0.465 e. The maximum absolute atomic E-state index is 12.6. The Hall–Kier alpha value is -2.65. The van der Waals surface area contributed by atoms with Gasteiger partial charge in [0.15, 0.2) is 0 Å². The van der Waals surface area contributed by atoms with E-state index in [4.69, 9.17) is 14.0 Å². The van der Waals surface area contributed by atoms with Crippen LogP contribution in [0.25, 0.3) is 0 Å². The summed E-state index contributed by atoms with van der Waals surface area (Å²) in [4.78, 5) is 21.7. The molecule has 184 valence electrons. The molecule has 9 heteroatoms. The van der Waals surface area contributed by atoms with E-state index in [0.29, 0.717) is 28.7 Å². The lowest BCUT2D eigenvalue weighted by atomic mass is 9.75. The highest BCUT2D eigenvalue weighted by molar-refractivity contribution is 6.63. The Morgan fingerprint density at radius 2 is 1.85 bits per heavy atom. The predicted octanol–water partition coefficient (Wildman–Crippen LogP) is 4.61. The van der Waals surface area contributed by atoms with Gasteiger partial charge in [-0.25, -0.2) is 9.78 Å². The molecule has 1 fully saturated rings. The molecule has 8 nitrogen and oxygen atoms in total. The van der Waals surface area contributed by atoms with Crippen molar-refractivity contribution in [3.8, 4) is 0 Å². The summed E-state index contributed by atoms with van der Waals surface area (Å²) in [6, 6.07) is 5.75. The highest BCUT2D eigenvalue weighted by atomic mass is 16.7. The van der Waals surface area contributed by atoms with Crippen LogP contribution in [-0.2, 0) is 14.0 Å². The van der Waals surface area contributed by atoms with Crippen molar-refractivity contribution in [1.82, 2.24) is 9.97 Å². The lowest BCUT2D eigenvalue weighted by Gasteiger charge is -2.32. The van der Waals surface area contributed by atoms with E-state index in [0.717, 1.165) is 30.6 Å². The number of nitrogens with one attached hydrogen (secondary N) is 2. The first-order valence-corrected chi connectivity index (χ1v) is 12.0. The van der Waals surface area contributed by atoms with Crippen LogP contribution in [0.3, 0.4) is 0 Å². The van der Waals surface area contributed by atoms with Crippen molar-refractivity contribution >= 4 is 36.0 Å². The zero-order chi connectivity index (χ0) is 25.1. The van der Waals surface area contributed by atoms with Crippen LogP contribution in [-0.4, -0.2) is 47.4 Å². The maximum Gasteiger partial charge on any atom is 0.495 e. The standard InChI is InChI=1S/C25H37BN4O4/c1-9-11-17(10-2)28-21-16(3)15-27-23(30-21)29-18-12-13-20(19(14-18)22(31)32-8)26-33-24(4,5)25(6,7)34-26/h12-15,17H,9-11H2,1-8H3,(H2,27,28,29,30). The van der Waals surface area contributed by atoms with Gasteiger partial charge in [0, 0.05) is 23.5 Å². The molecule has 1 aromatic heterocycles. The van der Waals surface area contributed by atoms with E-state index < -0.39 is 24.3 Å². The lowest BCUT2D eigenvalue weighted by Crippen LogP contribution is -2.41. The Morgan fingerprint density at radius 3 is 2.44 bits per heavy atom. The second-order valence-corrected chi connectivity index (χ2v) is 9.77. The van der Waals surface area contributed by atoms with E-state index in [1.54, 1.807) is 12.3 Å². The number of anilines is 3. The fraction of sp³-hybridized carbons (Fsp3) is 0.560. The number of carbonyl (C=O) groups excluding carboxylic acids is 1. The molecule has 1 aliphatic rings. The van der Waals surface area contributed by atoms with Gasteiger partial charge >= 0.3 is 13.1 Å². The van der Waals surface area contributed by atoms with Crippen LogP contribution >= 0.6 is 0 Å². The van der Waals surface area contributed by atoms with E-state index in [1.165, 1.54) is 7.11 Å². The molecule has 0 aliphatic carbocycles. The summed E-state index contributed by atoms with van der Waals surface area (Å²) in [6.45, 7) is 14.2. The van der Waals surface area contributed by atoms with Crippen molar-refractivity contribution in [2.24, 2.45) is 0 Å². The van der Waals surface area contributed by atoms with Gasteiger partial charge in [-0.2, -0.15) is 4.98 Å². The molecule has 1 atom stereocenters. The SMILES string of the molecule is CCCC(CC)Nc1nc(Nc2ccc(B3OC(C)(C)C(C)(C)O3)c(C(=O)OC)c2)ncc1C. The number of esters is 1. The summed E-state index contributed by atoms with van der Waals surface area (Å²) >= 11 is 0. The molecule has 0 bridgehead atoms. The van der Waals surface area contributed by atoms with Crippen LogP contribution in [0.2, 0.25) is 0 Å². The second-order valence-electron chi connectivity index (χ2n) is 9.77. The fourth-order valence-electron chi connectivity index (χ4n) is 3.79. The van der Waals surface area contributed by atoms with E-state index >= 15 is 0 Å². The van der Waals surface area contributed by atoms with Gasteiger partial charge < -0.3 is 24.7 Å². The number of ether oxygens (including phenoxy) is 1. The van der Waals surface area contributed by atoms with E-state index in [9.17, 15) is 4.79 Å². The minimum atomic E-state index is -0.677. The van der Waals surface area contributed by atoms with Crippen molar-refractivity contribution in [3.05, 3.63) is 35.5 Å². The van der Waals surface area contributed by atoms with Gasteiger partial charge in [0.25, 0.3) is 0 Å². The minimum absolute atomic E-state index is 0.358. The van der Waals surface area contributed by atoms with E-state index in [-0.39, 0.29) is 0 Å². The summed E-state index contributed by atoms with van der Waals surface area (Å²) in [7, 11) is 0.682. The Kier molecular flexibility index (Phi) is 7.88. The predicted molar refractivity (Wildman–Crippen MR) is 136 cm³/mol. The molecule has 0 saturated carbocycles. The maximum atomic E-state index is 12.6. The molecule has 34 heavy (non-hydrogen) atoms. The first kappa shape index (κ1) is 26.0. The molecule has 0 amide bonds. The number of nitrogens with zero attached hydrogens (tertiary/aromatic N) is 2. The number of benzene rings is 1. The smallest absolute Gasteiger partial charge is 0.465 e. The monoisotopic (exact) mass is 468 g/mol. The largest absolute Gasteiger partial charge is 0.495 e. The molecule has 1 unspecified atom stereocenters. The number of aryl methyl sites for hydroxylation is 1. The Balaban J connectivity index is 1.88. The number of methoxy groups -OCH3 is 1. The summed E-state index contributed by atoms with van der Waals surface area (Å²) in [5.41, 5.74) is 1.59. The Morgan fingerprint density at radius 1 is 1.18 bits per heavy atom. The van der Waals surface area contributed by atoms with Gasteiger partial charge in [-0.15, -0.1) is 0 Å². The van der Waals surface area contributed by atoms with Crippen LogP contribution in [0.4, 0.5) is 17.5 Å². The summed E-state index contributed by atoms with van der Waals surface area (Å²) in [5, 5.41) is 6.74. The van der Waals surface area contributed by atoms with E-state index in [1.807, 2.05) is 46.8 Å². The zero-order valence-corrected chi connectivity index (χ0v) is 21.6. The van der Waals surface area contributed by atoms with Crippen molar-refractivity contribution < 1.29 is 18.8 Å². The van der Waals surface area contributed by atoms with Crippen LogP contribution in [0, 0.1) is 6.92 Å². The first-order valence-electron chi connectivity index (χ1n) is 12.0. The highest BCUT2D eigenvalue weighted by Crippen LogP contribution is 2.37. The van der Waals surface area contributed by atoms with Crippen molar-refractivity contribution in [2.45, 2.75) is 85.0 Å². The van der Waals surface area contributed by atoms with Gasteiger partial charge in [0.2, 0.25) is 5.95 Å². The zero-order valence-electron chi connectivity index (χ0n) is 21.6. The number of aromatic nitrogens is 2. The second kappa shape index (κ2) is 10.3. The molecule has 2 aromatic rings. The van der Waals surface area contributed by atoms with Crippen molar-refractivity contribution in [3.63, 3.8) is 0 Å².